The van der Waals surface area contributed by atoms with Crippen LogP contribution in [0.4, 0.5) is 5.69 Å². The highest BCUT2D eigenvalue weighted by atomic mass is 127. The van der Waals surface area contributed by atoms with E-state index in [2.05, 4.69) is 35.6 Å². The third-order valence-electron chi connectivity index (χ3n) is 3.83. The van der Waals surface area contributed by atoms with E-state index in [1.807, 2.05) is 6.07 Å². The lowest BCUT2D eigenvalue weighted by Crippen LogP contribution is -2.30. The predicted molar refractivity (Wildman–Crippen MR) is 85.0 cm³/mol. The number of hydrogen-bond donors (Lipinski definition) is 1. The molecule has 0 saturated heterocycles. The van der Waals surface area contributed by atoms with Crippen LogP contribution >= 0.6 is 22.6 Å². The molecule has 1 aromatic rings. The number of rotatable bonds is 3. The molecule has 19 heavy (non-hydrogen) atoms. The van der Waals surface area contributed by atoms with E-state index in [1.165, 1.54) is 19.3 Å². The molecule has 0 aromatic heterocycles. The van der Waals surface area contributed by atoms with Gasteiger partial charge in [-0.1, -0.05) is 13.3 Å². The minimum Gasteiger partial charge on any atom is -0.487 e. The van der Waals surface area contributed by atoms with Gasteiger partial charge < -0.3 is 10.5 Å². The third-order valence-corrected chi connectivity index (χ3v) is 4.64. The number of hydrogen-bond acceptors (Lipinski definition) is 3. The zero-order valence-corrected chi connectivity index (χ0v) is 13.3. The van der Waals surface area contributed by atoms with Crippen LogP contribution in [0.25, 0.3) is 0 Å². The molecule has 1 aliphatic rings. The predicted octanol–water partition coefficient (Wildman–Crippen LogP) is 4.09. The van der Waals surface area contributed by atoms with E-state index in [0.29, 0.717) is 17.2 Å². The van der Waals surface area contributed by atoms with Crippen LogP contribution in [0.3, 0.4) is 0 Å². The molecule has 4 heteroatoms. The fraction of sp³-hybridized carbons (Fsp3) is 0.533. The summed E-state index contributed by atoms with van der Waals surface area (Å²) in [6, 6.07) is 5.64. The van der Waals surface area contributed by atoms with Crippen molar-refractivity contribution < 1.29 is 4.74 Å². The summed E-state index contributed by atoms with van der Waals surface area (Å²) in [4.78, 5) is 0. The average molecular weight is 370 g/mol. The van der Waals surface area contributed by atoms with E-state index in [0.717, 1.165) is 22.2 Å². The summed E-state index contributed by atoms with van der Waals surface area (Å²) in [6.45, 7) is 2.22. The van der Waals surface area contributed by atoms with E-state index in [4.69, 9.17) is 15.7 Å². The summed E-state index contributed by atoms with van der Waals surface area (Å²) in [5, 5.41) is 8.93. The van der Waals surface area contributed by atoms with Crippen LogP contribution in [0.5, 0.6) is 5.75 Å². The van der Waals surface area contributed by atoms with E-state index < -0.39 is 0 Å². The highest BCUT2D eigenvalue weighted by Crippen LogP contribution is 2.35. The van der Waals surface area contributed by atoms with E-state index >= 15 is 0 Å². The van der Waals surface area contributed by atoms with Crippen molar-refractivity contribution >= 4 is 28.3 Å². The fourth-order valence-corrected chi connectivity index (χ4v) is 3.52. The quantitative estimate of drug-likeness (QED) is 0.644. The summed E-state index contributed by atoms with van der Waals surface area (Å²) in [5.74, 6) is 1.38. The van der Waals surface area contributed by atoms with Crippen molar-refractivity contribution in [3.8, 4) is 11.8 Å². The van der Waals surface area contributed by atoms with Gasteiger partial charge >= 0.3 is 0 Å². The van der Waals surface area contributed by atoms with Gasteiger partial charge in [-0.05, 0) is 66.3 Å². The molecule has 1 aromatic carbocycles. The molecule has 0 bridgehead atoms. The maximum absolute atomic E-state index is 8.93. The lowest BCUT2D eigenvalue weighted by Gasteiger charge is -2.32. The maximum atomic E-state index is 8.93. The summed E-state index contributed by atoms with van der Waals surface area (Å²) < 4.78 is 7.10. The molecule has 1 aliphatic carbocycles. The molecule has 0 heterocycles. The molecule has 2 unspecified atom stereocenters. The standard InChI is InChI=1S/C15H19IN2O/c1-2-11-5-3-4-6-14(11)19-15-12(16)7-10(9-17)8-13(15)18/h7-8,11,14H,2-6,18H2,1H3. The smallest absolute Gasteiger partial charge is 0.156 e. The molecule has 2 atom stereocenters. The molecule has 0 aliphatic heterocycles. The van der Waals surface area contributed by atoms with Gasteiger partial charge in [0, 0.05) is 0 Å². The highest BCUT2D eigenvalue weighted by molar-refractivity contribution is 14.1. The van der Waals surface area contributed by atoms with Crippen LogP contribution in [0.1, 0.15) is 44.6 Å². The SMILES string of the molecule is CCC1CCCCC1Oc1c(N)cc(C#N)cc1I. The van der Waals surface area contributed by atoms with Gasteiger partial charge in [-0.2, -0.15) is 5.26 Å². The normalized spacial score (nSPS) is 22.8. The van der Waals surface area contributed by atoms with Crippen LogP contribution in [0.15, 0.2) is 12.1 Å². The van der Waals surface area contributed by atoms with Crippen molar-refractivity contribution in [2.45, 2.75) is 45.1 Å². The first-order valence-corrected chi connectivity index (χ1v) is 7.89. The molecule has 0 radical (unpaired) electrons. The van der Waals surface area contributed by atoms with Crippen molar-refractivity contribution in [2.24, 2.45) is 5.92 Å². The van der Waals surface area contributed by atoms with Crippen LogP contribution < -0.4 is 10.5 Å². The Hall–Kier alpha value is -0.960. The molecular weight excluding hydrogens is 351 g/mol. The highest BCUT2D eigenvalue weighted by Gasteiger charge is 2.26. The Bertz CT molecular complexity index is 472. The first-order valence-electron chi connectivity index (χ1n) is 6.81. The lowest BCUT2D eigenvalue weighted by atomic mass is 9.85. The van der Waals surface area contributed by atoms with Crippen LogP contribution in [0, 0.1) is 20.8 Å². The second-order valence-electron chi connectivity index (χ2n) is 5.10. The van der Waals surface area contributed by atoms with Gasteiger partial charge in [0.05, 0.1) is 20.9 Å². The van der Waals surface area contributed by atoms with Gasteiger partial charge in [0.15, 0.2) is 5.75 Å². The molecule has 0 amide bonds. The first-order chi connectivity index (χ1) is 9.15. The van der Waals surface area contributed by atoms with Crippen molar-refractivity contribution in [1.82, 2.24) is 0 Å². The number of benzene rings is 1. The largest absolute Gasteiger partial charge is 0.487 e. The Balaban J connectivity index is 2.21. The lowest BCUT2D eigenvalue weighted by molar-refractivity contribution is 0.0903. The maximum Gasteiger partial charge on any atom is 0.156 e. The van der Waals surface area contributed by atoms with Gasteiger partial charge in [-0.15, -0.1) is 0 Å². The van der Waals surface area contributed by atoms with E-state index in [9.17, 15) is 0 Å². The molecule has 0 spiro atoms. The van der Waals surface area contributed by atoms with Gasteiger partial charge in [-0.25, -0.2) is 0 Å². The molecule has 2 rings (SSSR count). The number of nitriles is 1. The second kappa shape index (κ2) is 6.47. The Kier molecular flexibility index (Phi) is 4.92. The van der Waals surface area contributed by atoms with Crippen molar-refractivity contribution in [2.75, 3.05) is 5.73 Å². The molecular formula is C15H19IN2O. The molecule has 102 valence electrons. The topological polar surface area (TPSA) is 59.0 Å². The number of ether oxygens (including phenoxy) is 1. The number of nitrogen functional groups attached to an aromatic ring is 1. The number of nitrogens with two attached hydrogens (primary N) is 1. The van der Waals surface area contributed by atoms with Gasteiger partial charge in [0.2, 0.25) is 0 Å². The zero-order chi connectivity index (χ0) is 13.8. The van der Waals surface area contributed by atoms with Crippen molar-refractivity contribution in [3.05, 3.63) is 21.3 Å². The average Bonchev–Trinajstić information content (AvgIpc) is 2.43. The number of nitrogens with zero attached hydrogens (tertiary/aromatic N) is 1. The Labute approximate surface area is 128 Å². The summed E-state index contributed by atoms with van der Waals surface area (Å²) in [6.07, 6.45) is 6.30. The number of anilines is 1. The fourth-order valence-electron chi connectivity index (χ4n) is 2.75. The minimum absolute atomic E-state index is 0.266. The summed E-state index contributed by atoms with van der Waals surface area (Å²) in [7, 11) is 0. The Morgan fingerprint density at radius 2 is 2.16 bits per heavy atom. The molecule has 3 nitrogen and oxygen atoms in total. The molecule has 1 fully saturated rings. The summed E-state index contributed by atoms with van der Waals surface area (Å²) >= 11 is 2.19. The van der Waals surface area contributed by atoms with Crippen molar-refractivity contribution in [3.63, 3.8) is 0 Å². The monoisotopic (exact) mass is 370 g/mol. The van der Waals surface area contributed by atoms with Crippen molar-refractivity contribution in [1.29, 1.82) is 5.26 Å². The minimum atomic E-state index is 0.266. The van der Waals surface area contributed by atoms with Gasteiger partial charge in [-0.3, -0.25) is 0 Å². The van der Waals surface area contributed by atoms with Crippen LogP contribution in [-0.2, 0) is 0 Å². The summed E-state index contributed by atoms with van der Waals surface area (Å²) in [5.41, 5.74) is 7.18. The Morgan fingerprint density at radius 3 is 2.79 bits per heavy atom. The van der Waals surface area contributed by atoms with E-state index in [-0.39, 0.29) is 6.10 Å². The molecule has 1 saturated carbocycles. The van der Waals surface area contributed by atoms with E-state index in [1.54, 1.807) is 6.07 Å². The van der Waals surface area contributed by atoms with Gasteiger partial charge in [0.1, 0.15) is 6.10 Å². The van der Waals surface area contributed by atoms with Crippen LogP contribution in [-0.4, -0.2) is 6.10 Å². The number of halogens is 1. The van der Waals surface area contributed by atoms with Gasteiger partial charge in [0.25, 0.3) is 0 Å². The zero-order valence-electron chi connectivity index (χ0n) is 11.2. The first kappa shape index (κ1) is 14.4. The third kappa shape index (κ3) is 3.33. The second-order valence-corrected chi connectivity index (χ2v) is 6.26. The van der Waals surface area contributed by atoms with Crippen LogP contribution in [0.2, 0.25) is 0 Å². The Morgan fingerprint density at radius 1 is 1.42 bits per heavy atom. The molecule has 2 N–H and O–H groups in total.